The summed E-state index contributed by atoms with van der Waals surface area (Å²) in [5.41, 5.74) is 16.0. The van der Waals surface area contributed by atoms with Crippen LogP contribution in [-0.2, 0) is 0 Å². The molecule has 0 aliphatic heterocycles. The molecule has 0 nitrogen and oxygen atoms in total. The molecule has 3 aliphatic rings. The van der Waals surface area contributed by atoms with Crippen molar-refractivity contribution < 1.29 is 0 Å². The van der Waals surface area contributed by atoms with Crippen molar-refractivity contribution in [2.75, 3.05) is 0 Å². The zero-order valence-electron chi connectivity index (χ0n) is 22.9. The molecule has 0 atom stereocenters. The molecule has 3 aliphatic carbocycles. The Morgan fingerprint density at radius 1 is 0.286 bits per heavy atom. The second kappa shape index (κ2) is 8.06. The minimum Gasteiger partial charge on any atom is -0.0616 e. The Kier molecular flexibility index (Phi) is 4.27. The average molecular weight is 529 g/mol. The molecule has 7 aromatic carbocycles. The molecule has 42 heavy (non-hydrogen) atoms. The maximum absolute atomic E-state index is 2.44. The number of allylic oxidation sites excluding steroid dienone is 2. The average Bonchev–Trinajstić information content (AvgIpc) is 3.71. The molecule has 0 heteroatoms. The van der Waals surface area contributed by atoms with Gasteiger partial charge < -0.3 is 0 Å². The molecule has 0 heterocycles. The Bertz CT molecular complexity index is 2430. The summed E-state index contributed by atoms with van der Waals surface area (Å²) in [6.07, 6.45) is 4.51. The molecule has 192 valence electrons. The van der Waals surface area contributed by atoms with Crippen molar-refractivity contribution in [2.45, 2.75) is 0 Å². The van der Waals surface area contributed by atoms with E-state index in [4.69, 9.17) is 0 Å². The molecular weight excluding hydrogens is 504 g/mol. The SMILES string of the molecule is C1=Cc2ccc(C3=C4C(=C(c5cccc6ccccc56)c5cc6ccccc6cc54)c4ccccc43)c3cccc1c23. The highest BCUT2D eigenvalue weighted by Gasteiger charge is 2.38. The highest BCUT2D eigenvalue weighted by molar-refractivity contribution is 6.37. The van der Waals surface area contributed by atoms with Crippen LogP contribution >= 0.6 is 0 Å². The van der Waals surface area contributed by atoms with Crippen LogP contribution in [0.15, 0.2) is 133 Å². The largest absolute Gasteiger partial charge is 0.0616 e. The summed E-state index contributed by atoms with van der Waals surface area (Å²) in [5.74, 6) is 0. The first-order chi connectivity index (χ1) is 20.8. The summed E-state index contributed by atoms with van der Waals surface area (Å²) in [5, 5.41) is 7.82. The van der Waals surface area contributed by atoms with Crippen LogP contribution in [0, 0.1) is 0 Å². The Balaban J connectivity index is 1.41. The zero-order valence-corrected chi connectivity index (χ0v) is 22.9. The smallest absolute Gasteiger partial charge is 0.000719 e. The number of hydrogen-bond donors (Lipinski definition) is 0. The molecule has 10 rings (SSSR count). The molecule has 0 fully saturated rings. The lowest BCUT2D eigenvalue weighted by atomic mass is 9.87. The normalized spacial score (nSPS) is 14.4. The van der Waals surface area contributed by atoms with Crippen molar-refractivity contribution in [3.8, 4) is 0 Å². The van der Waals surface area contributed by atoms with Crippen LogP contribution in [0.1, 0.15) is 44.5 Å². The van der Waals surface area contributed by atoms with Gasteiger partial charge in [0.15, 0.2) is 0 Å². The molecule has 0 radical (unpaired) electrons. The summed E-state index contributed by atoms with van der Waals surface area (Å²) < 4.78 is 0. The van der Waals surface area contributed by atoms with Crippen LogP contribution in [0.2, 0.25) is 0 Å². The fraction of sp³-hybridized carbons (Fsp3) is 0. The van der Waals surface area contributed by atoms with Gasteiger partial charge in [0.05, 0.1) is 0 Å². The maximum Gasteiger partial charge on any atom is -0.000719 e. The van der Waals surface area contributed by atoms with E-state index >= 15 is 0 Å². The Morgan fingerprint density at radius 2 is 0.786 bits per heavy atom. The van der Waals surface area contributed by atoms with Gasteiger partial charge in [-0.05, 0) is 111 Å². The van der Waals surface area contributed by atoms with Gasteiger partial charge >= 0.3 is 0 Å². The van der Waals surface area contributed by atoms with Gasteiger partial charge in [-0.15, -0.1) is 0 Å². The molecule has 0 spiro atoms. The van der Waals surface area contributed by atoms with Crippen molar-refractivity contribution in [3.05, 3.63) is 178 Å². The van der Waals surface area contributed by atoms with Gasteiger partial charge in [0.25, 0.3) is 0 Å². The molecule has 0 unspecified atom stereocenters. The molecule has 0 aromatic heterocycles. The third-order valence-electron chi connectivity index (χ3n) is 9.52. The van der Waals surface area contributed by atoms with E-state index in [2.05, 4.69) is 146 Å². The van der Waals surface area contributed by atoms with E-state index in [9.17, 15) is 0 Å². The fourth-order valence-corrected chi connectivity index (χ4v) is 7.77. The van der Waals surface area contributed by atoms with Gasteiger partial charge in [0.2, 0.25) is 0 Å². The monoisotopic (exact) mass is 528 g/mol. The van der Waals surface area contributed by atoms with Gasteiger partial charge in [-0.1, -0.05) is 133 Å². The first-order valence-electron chi connectivity index (χ1n) is 14.7. The molecule has 0 saturated carbocycles. The first kappa shape index (κ1) is 22.3. The first-order valence-corrected chi connectivity index (χ1v) is 14.7. The minimum atomic E-state index is 1.27. The van der Waals surface area contributed by atoms with Crippen molar-refractivity contribution >= 4 is 66.8 Å². The topological polar surface area (TPSA) is 0 Å². The van der Waals surface area contributed by atoms with Gasteiger partial charge in [0, 0.05) is 0 Å². The Hall–Kier alpha value is -5.46. The number of fused-ring (bicyclic) bond motifs is 7. The van der Waals surface area contributed by atoms with E-state index in [-0.39, 0.29) is 0 Å². The number of hydrogen-bond acceptors (Lipinski definition) is 0. The lowest BCUT2D eigenvalue weighted by Crippen LogP contribution is -1.95. The summed E-state index contributed by atoms with van der Waals surface area (Å²) >= 11 is 0. The van der Waals surface area contributed by atoms with E-state index in [1.807, 2.05) is 0 Å². The second-order valence-electron chi connectivity index (χ2n) is 11.6. The van der Waals surface area contributed by atoms with E-state index < -0.39 is 0 Å². The number of benzene rings is 7. The summed E-state index contributed by atoms with van der Waals surface area (Å²) in [6.45, 7) is 0. The predicted molar refractivity (Wildman–Crippen MR) is 179 cm³/mol. The minimum absolute atomic E-state index is 1.27. The van der Waals surface area contributed by atoms with Crippen molar-refractivity contribution in [3.63, 3.8) is 0 Å². The lowest BCUT2D eigenvalue weighted by Gasteiger charge is -2.15. The summed E-state index contributed by atoms with van der Waals surface area (Å²) in [4.78, 5) is 0. The summed E-state index contributed by atoms with van der Waals surface area (Å²) in [7, 11) is 0. The van der Waals surface area contributed by atoms with Crippen LogP contribution in [0.3, 0.4) is 0 Å². The molecule has 7 aromatic rings. The third-order valence-corrected chi connectivity index (χ3v) is 9.52. The van der Waals surface area contributed by atoms with Gasteiger partial charge in [-0.25, -0.2) is 0 Å². The molecule has 0 saturated heterocycles. The zero-order chi connectivity index (χ0) is 27.4. The van der Waals surface area contributed by atoms with Crippen molar-refractivity contribution in [1.29, 1.82) is 0 Å². The Morgan fingerprint density at radius 3 is 1.60 bits per heavy atom. The maximum atomic E-state index is 2.44. The van der Waals surface area contributed by atoms with Crippen LogP contribution in [0.25, 0.3) is 66.8 Å². The standard InChI is InChI=1S/C42H24/c1-2-11-29-24-37-36(23-28(29)10-1)40(31-17-7-12-25-9-3-4-14-30(25)31)41-34-16-6-5-15-33(34)39(42(37)41)35-22-21-27-20-19-26-13-8-18-32(35)38(26)27/h1-24H. The Labute approximate surface area is 244 Å². The van der Waals surface area contributed by atoms with Gasteiger partial charge in [0.1, 0.15) is 0 Å². The number of rotatable bonds is 2. The van der Waals surface area contributed by atoms with E-state index in [0.29, 0.717) is 0 Å². The van der Waals surface area contributed by atoms with Crippen molar-refractivity contribution in [1.82, 2.24) is 0 Å². The van der Waals surface area contributed by atoms with Gasteiger partial charge in [-0.3, -0.25) is 0 Å². The van der Waals surface area contributed by atoms with E-state index in [1.165, 1.54) is 99.1 Å². The van der Waals surface area contributed by atoms with Crippen LogP contribution in [0.4, 0.5) is 0 Å². The van der Waals surface area contributed by atoms with Crippen LogP contribution < -0.4 is 0 Å². The predicted octanol–water partition coefficient (Wildman–Crippen LogP) is 10.9. The molecular formula is C42H24. The third kappa shape index (κ3) is 2.81. The van der Waals surface area contributed by atoms with Crippen molar-refractivity contribution in [2.24, 2.45) is 0 Å². The highest BCUT2D eigenvalue weighted by atomic mass is 14.4. The van der Waals surface area contributed by atoms with Crippen LogP contribution in [-0.4, -0.2) is 0 Å². The second-order valence-corrected chi connectivity index (χ2v) is 11.6. The summed E-state index contributed by atoms with van der Waals surface area (Å²) in [6, 6.07) is 49.7. The quantitative estimate of drug-likeness (QED) is 0.209. The van der Waals surface area contributed by atoms with Crippen LogP contribution in [0.5, 0.6) is 0 Å². The molecule has 0 bridgehead atoms. The fourth-order valence-electron chi connectivity index (χ4n) is 7.77. The van der Waals surface area contributed by atoms with E-state index in [0.717, 1.165) is 0 Å². The highest BCUT2D eigenvalue weighted by Crippen LogP contribution is 2.60. The van der Waals surface area contributed by atoms with E-state index in [1.54, 1.807) is 0 Å². The van der Waals surface area contributed by atoms with Gasteiger partial charge in [-0.2, -0.15) is 0 Å². The molecule has 0 amide bonds. The lowest BCUT2D eigenvalue weighted by molar-refractivity contribution is 1.55. The molecule has 0 N–H and O–H groups in total.